The number of nitrogens with zero attached hydrogens (tertiary/aromatic N) is 1. The van der Waals surface area contributed by atoms with Gasteiger partial charge in [0.25, 0.3) is 0 Å². The first-order chi connectivity index (χ1) is 12.8. The molecule has 0 spiro atoms. The van der Waals surface area contributed by atoms with Gasteiger partial charge < -0.3 is 10.6 Å². The number of carbonyl (C=O) groups excluding carboxylic acids is 1. The van der Waals surface area contributed by atoms with Crippen LogP contribution in [0.25, 0.3) is 0 Å². The minimum Gasteiger partial charge on any atom is -0.394 e. The van der Waals surface area contributed by atoms with Crippen LogP contribution in [-0.4, -0.2) is 24.1 Å². The highest BCUT2D eigenvalue weighted by molar-refractivity contribution is 5.87. The normalized spacial score (nSPS) is 46.6. The standard InChI is InChI=1S/C23H36N2O2/c1-14-11-17-18-5-6-21(26)23(18,4)10-8-19(17)22(3)9-7-16(12-20(14)22)25-27-13-15(2)24/h15,17-20H,1,5-13,24H2,2-4H3/t15?,17-,18-,19+,20+,22+,23-/m0/s1. The summed E-state index contributed by atoms with van der Waals surface area (Å²) in [6.07, 6.45) is 8.46. The molecule has 2 N–H and O–H groups in total. The first kappa shape index (κ1) is 19.2. The fourth-order valence-corrected chi connectivity index (χ4v) is 7.15. The van der Waals surface area contributed by atoms with Crippen molar-refractivity contribution in [2.75, 3.05) is 6.61 Å². The molecule has 4 rings (SSSR count). The molecule has 0 aromatic rings. The first-order valence-corrected chi connectivity index (χ1v) is 10.9. The van der Waals surface area contributed by atoms with E-state index in [1.54, 1.807) is 0 Å². The maximum absolute atomic E-state index is 12.6. The van der Waals surface area contributed by atoms with E-state index >= 15 is 0 Å². The maximum Gasteiger partial charge on any atom is 0.139 e. The van der Waals surface area contributed by atoms with Crippen molar-refractivity contribution in [3.63, 3.8) is 0 Å². The van der Waals surface area contributed by atoms with Gasteiger partial charge in [-0.3, -0.25) is 4.79 Å². The lowest BCUT2D eigenvalue weighted by atomic mass is 9.44. The van der Waals surface area contributed by atoms with Crippen molar-refractivity contribution in [1.29, 1.82) is 0 Å². The Labute approximate surface area is 164 Å². The minimum atomic E-state index is -0.0569. The number of Topliss-reactive ketones (excluding diaryl/α,β-unsaturated/α-hetero) is 1. The van der Waals surface area contributed by atoms with Gasteiger partial charge >= 0.3 is 0 Å². The van der Waals surface area contributed by atoms with Gasteiger partial charge in [-0.05, 0) is 81.0 Å². The second kappa shape index (κ2) is 6.72. The smallest absolute Gasteiger partial charge is 0.139 e. The molecule has 1 unspecified atom stereocenters. The van der Waals surface area contributed by atoms with Crippen LogP contribution in [0.2, 0.25) is 0 Å². The van der Waals surface area contributed by atoms with Crippen LogP contribution in [0.1, 0.15) is 72.1 Å². The monoisotopic (exact) mass is 372 g/mol. The SMILES string of the molecule is C=C1C[C@@H]2[C@@H](CC[C@]3(C)C(=O)CC[C@@H]23)[C@@]2(C)CCC(=NOCC(C)N)C[C@H]12. The Morgan fingerprint density at radius 1 is 1.22 bits per heavy atom. The number of hydrogen-bond donors (Lipinski definition) is 1. The third-order valence-corrected chi connectivity index (χ3v) is 8.70. The minimum absolute atomic E-state index is 0.0132. The summed E-state index contributed by atoms with van der Waals surface area (Å²) in [5, 5.41) is 4.41. The third kappa shape index (κ3) is 2.99. The van der Waals surface area contributed by atoms with Crippen LogP contribution in [0.15, 0.2) is 17.3 Å². The fraction of sp³-hybridized carbons (Fsp3) is 0.826. The summed E-state index contributed by atoms with van der Waals surface area (Å²) < 4.78 is 0. The predicted molar refractivity (Wildman–Crippen MR) is 108 cm³/mol. The molecule has 7 atom stereocenters. The van der Waals surface area contributed by atoms with Gasteiger partial charge in [-0.1, -0.05) is 31.2 Å². The van der Waals surface area contributed by atoms with Crippen molar-refractivity contribution >= 4 is 11.5 Å². The Morgan fingerprint density at radius 3 is 2.74 bits per heavy atom. The lowest BCUT2D eigenvalue weighted by Crippen LogP contribution is -2.54. The van der Waals surface area contributed by atoms with E-state index in [1.807, 2.05) is 6.92 Å². The van der Waals surface area contributed by atoms with Gasteiger partial charge in [0.15, 0.2) is 0 Å². The molecule has 4 aliphatic rings. The molecule has 0 aliphatic heterocycles. The number of oxime groups is 1. The molecule has 0 aromatic heterocycles. The second-order valence-corrected chi connectivity index (χ2v) is 10.4. The van der Waals surface area contributed by atoms with Crippen LogP contribution in [0.5, 0.6) is 0 Å². The van der Waals surface area contributed by atoms with Gasteiger partial charge in [0.1, 0.15) is 12.4 Å². The molecule has 27 heavy (non-hydrogen) atoms. The zero-order valence-electron chi connectivity index (χ0n) is 17.3. The summed E-state index contributed by atoms with van der Waals surface area (Å²) in [4.78, 5) is 18.0. The van der Waals surface area contributed by atoms with Gasteiger partial charge in [-0.2, -0.15) is 0 Å². The van der Waals surface area contributed by atoms with Crippen molar-refractivity contribution < 1.29 is 9.63 Å². The number of fused-ring (bicyclic) bond motifs is 5. The van der Waals surface area contributed by atoms with E-state index in [4.69, 9.17) is 10.6 Å². The van der Waals surface area contributed by atoms with Gasteiger partial charge in [0, 0.05) is 17.9 Å². The molecule has 4 fully saturated rings. The van der Waals surface area contributed by atoms with E-state index in [9.17, 15) is 4.79 Å². The average molecular weight is 373 g/mol. The molecule has 0 radical (unpaired) electrons. The Morgan fingerprint density at radius 2 is 2.00 bits per heavy atom. The highest BCUT2D eigenvalue weighted by Crippen LogP contribution is 2.66. The summed E-state index contributed by atoms with van der Waals surface area (Å²) in [6.45, 7) is 11.7. The second-order valence-electron chi connectivity index (χ2n) is 10.4. The van der Waals surface area contributed by atoms with Crippen LogP contribution in [0.4, 0.5) is 0 Å². The van der Waals surface area contributed by atoms with Gasteiger partial charge in [0.05, 0.1) is 5.71 Å². The zero-order valence-corrected chi connectivity index (χ0v) is 17.3. The highest BCUT2D eigenvalue weighted by atomic mass is 16.6. The Bertz CT molecular complexity index is 669. The van der Waals surface area contributed by atoms with Gasteiger partial charge in [-0.25, -0.2) is 0 Å². The number of nitrogens with two attached hydrogens (primary N) is 1. The lowest BCUT2D eigenvalue weighted by molar-refractivity contribution is -0.134. The Kier molecular flexibility index (Phi) is 4.77. The fourth-order valence-electron chi connectivity index (χ4n) is 7.15. The Hall–Kier alpha value is -1.16. The summed E-state index contributed by atoms with van der Waals surface area (Å²) in [5.41, 5.74) is 8.57. The van der Waals surface area contributed by atoms with Crippen LogP contribution in [-0.2, 0) is 9.63 Å². The highest BCUT2D eigenvalue weighted by Gasteiger charge is 2.60. The molecule has 0 bridgehead atoms. The quantitative estimate of drug-likeness (QED) is 0.586. The molecule has 4 saturated carbocycles. The van der Waals surface area contributed by atoms with E-state index in [-0.39, 0.29) is 11.5 Å². The molecule has 0 saturated heterocycles. The van der Waals surface area contributed by atoms with Crippen molar-refractivity contribution in [3.8, 4) is 0 Å². The van der Waals surface area contributed by atoms with E-state index < -0.39 is 0 Å². The third-order valence-electron chi connectivity index (χ3n) is 8.70. The number of rotatable bonds is 3. The van der Waals surface area contributed by atoms with E-state index in [0.717, 1.165) is 50.9 Å². The van der Waals surface area contributed by atoms with Crippen LogP contribution in [0.3, 0.4) is 0 Å². The average Bonchev–Trinajstić information content (AvgIpc) is 2.91. The van der Waals surface area contributed by atoms with E-state index in [1.165, 1.54) is 17.7 Å². The Balaban J connectivity index is 1.54. The van der Waals surface area contributed by atoms with Gasteiger partial charge in [-0.15, -0.1) is 0 Å². The van der Waals surface area contributed by atoms with Crippen LogP contribution in [0, 0.1) is 34.5 Å². The maximum atomic E-state index is 12.6. The van der Waals surface area contributed by atoms with Crippen molar-refractivity contribution in [3.05, 3.63) is 12.2 Å². The molecule has 150 valence electrons. The number of carbonyl (C=O) groups is 1. The first-order valence-electron chi connectivity index (χ1n) is 10.9. The van der Waals surface area contributed by atoms with E-state index in [0.29, 0.717) is 35.6 Å². The lowest BCUT2D eigenvalue weighted by Gasteiger charge is -2.60. The van der Waals surface area contributed by atoms with Crippen molar-refractivity contribution in [1.82, 2.24) is 0 Å². The van der Waals surface area contributed by atoms with Crippen LogP contribution < -0.4 is 5.73 Å². The summed E-state index contributed by atoms with van der Waals surface area (Å²) >= 11 is 0. The van der Waals surface area contributed by atoms with Crippen molar-refractivity contribution in [2.45, 2.75) is 78.2 Å². The molecule has 4 nitrogen and oxygen atoms in total. The largest absolute Gasteiger partial charge is 0.394 e. The molecule has 4 aliphatic carbocycles. The predicted octanol–water partition coefficient (Wildman–Crippen LogP) is 4.48. The van der Waals surface area contributed by atoms with E-state index in [2.05, 4.69) is 25.6 Å². The molecule has 0 amide bonds. The zero-order chi connectivity index (χ0) is 19.4. The molecular weight excluding hydrogens is 336 g/mol. The summed E-state index contributed by atoms with van der Waals surface area (Å²) in [7, 11) is 0. The number of ketones is 1. The van der Waals surface area contributed by atoms with Crippen molar-refractivity contribution in [2.24, 2.45) is 45.4 Å². The summed E-state index contributed by atoms with van der Waals surface area (Å²) in [5.74, 6) is 2.97. The van der Waals surface area contributed by atoms with Crippen LogP contribution >= 0.6 is 0 Å². The molecule has 0 heterocycles. The summed E-state index contributed by atoms with van der Waals surface area (Å²) in [6, 6.07) is 0.0132. The molecule has 0 aromatic carbocycles. The number of hydrogen-bond acceptors (Lipinski definition) is 4. The van der Waals surface area contributed by atoms with Gasteiger partial charge in [0.2, 0.25) is 0 Å². The molecule has 4 heteroatoms. The topological polar surface area (TPSA) is 64.7 Å². The number of allylic oxidation sites excluding steroid dienone is 1. The molecular formula is C23H36N2O2.